The zero-order valence-corrected chi connectivity index (χ0v) is 35.0. The Balaban J connectivity index is 1.50. The van der Waals surface area contributed by atoms with Gasteiger partial charge in [0.25, 0.3) is 0 Å². The molecule has 12 nitrogen and oxygen atoms in total. The molecular formula is C52H40N4O8. The second-order valence-electron chi connectivity index (χ2n) is 16.1. The third-order valence-corrected chi connectivity index (χ3v) is 11.6. The topological polar surface area (TPSA) is 212 Å². The van der Waals surface area contributed by atoms with Gasteiger partial charge in [0.2, 0.25) is 0 Å². The fourth-order valence-corrected chi connectivity index (χ4v) is 8.70. The van der Waals surface area contributed by atoms with Gasteiger partial charge in [-0.2, -0.15) is 0 Å². The smallest absolute Gasteiger partial charge is 0.336 e. The molecule has 64 heavy (non-hydrogen) atoms. The van der Waals surface area contributed by atoms with Crippen LogP contribution in [0.1, 0.15) is 109 Å². The molecule has 12 heteroatoms. The number of H-pyrrole nitrogens is 4. The largest absolute Gasteiger partial charge is 0.478 e. The van der Waals surface area contributed by atoms with E-state index in [9.17, 15) is 39.6 Å². The summed E-state index contributed by atoms with van der Waals surface area (Å²) >= 11 is 0. The Morgan fingerprint density at radius 3 is 0.734 bits per heavy atom. The molecule has 1 aliphatic heterocycles. The number of aromatic nitrogens is 4. The van der Waals surface area contributed by atoms with E-state index in [0.29, 0.717) is 88.7 Å². The average molecular weight is 849 g/mol. The third kappa shape index (κ3) is 7.12. The lowest BCUT2D eigenvalue weighted by molar-refractivity contribution is 0.0685. The summed E-state index contributed by atoms with van der Waals surface area (Å²) < 4.78 is 0. The van der Waals surface area contributed by atoms with Crippen molar-refractivity contribution >= 4 is 46.2 Å². The van der Waals surface area contributed by atoms with E-state index in [4.69, 9.17) is 0 Å². The average Bonchev–Trinajstić information content (AvgIpc) is 4.10. The van der Waals surface area contributed by atoms with Crippen molar-refractivity contribution in [3.8, 4) is 0 Å². The molecule has 0 saturated carbocycles. The number of carboxylic acid groups (broad SMARTS) is 4. The molecule has 8 N–H and O–H groups in total. The summed E-state index contributed by atoms with van der Waals surface area (Å²) in [4.78, 5) is 65.9. The van der Waals surface area contributed by atoms with Crippen molar-refractivity contribution < 1.29 is 39.6 Å². The van der Waals surface area contributed by atoms with Gasteiger partial charge in [0.05, 0.1) is 22.3 Å². The molecule has 4 aromatic heterocycles. The number of nitrogens with one attached hydrogen (secondary N) is 4. The van der Waals surface area contributed by atoms with Crippen molar-refractivity contribution in [2.45, 2.75) is 27.7 Å². The molecule has 0 unspecified atom stereocenters. The van der Waals surface area contributed by atoms with E-state index in [2.05, 4.69) is 19.9 Å². The molecule has 0 spiro atoms. The summed E-state index contributed by atoms with van der Waals surface area (Å²) in [5.41, 5.74) is 8.66. The lowest BCUT2D eigenvalue weighted by Crippen LogP contribution is -2.21. The highest BCUT2D eigenvalue weighted by Crippen LogP contribution is 2.32. The molecule has 0 aliphatic carbocycles. The second kappa shape index (κ2) is 15.7. The molecule has 0 radical (unpaired) electrons. The number of hydrogen-bond acceptors (Lipinski definition) is 4. The van der Waals surface area contributed by atoms with Gasteiger partial charge in [-0.05, 0) is 100 Å². The van der Waals surface area contributed by atoms with E-state index in [1.807, 2.05) is 52.0 Å². The number of aromatic amines is 4. The Bertz CT molecular complexity index is 3120. The SMILES string of the molecule is Cc1ccc(C2=c3ccc([nH]3)=C(c3ccc(C)cc3C(=O)O)c3ccc([nH]3)C(c3ccc(C)cc3C(=O)O)=c3ccc([nH]3)=C(c3ccc(C)cc3C(=O)O)c3ccc2[nH]3)c(C(=O)O)c1. The van der Waals surface area contributed by atoms with E-state index in [1.54, 1.807) is 97.1 Å². The van der Waals surface area contributed by atoms with Crippen molar-refractivity contribution in [1.82, 2.24) is 19.9 Å². The summed E-state index contributed by atoms with van der Waals surface area (Å²) in [7, 11) is 0. The zero-order chi connectivity index (χ0) is 45.1. The van der Waals surface area contributed by atoms with E-state index < -0.39 is 23.9 Å². The predicted octanol–water partition coefficient (Wildman–Crippen LogP) is 6.33. The van der Waals surface area contributed by atoms with Gasteiger partial charge in [0.15, 0.2) is 0 Å². The monoisotopic (exact) mass is 848 g/mol. The van der Waals surface area contributed by atoms with Crippen LogP contribution in [0, 0.1) is 27.7 Å². The molecule has 0 atom stereocenters. The van der Waals surface area contributed by atoms with E-state index >= 15 is 0 Å². The number of fused-ring (bicyclic) bond motifs is 8. The highest BCUT2D eigenvalue weighted by atomic mass is 16.4. The fraction of sp³-hybridized carbons (Fsp3) is 0.0769. The molecule has 9 rings (SSSR count). The number of carbonyl (C=O) groups is 4. The maximum absolute atomic E-state index is 13.0. The first-order valence-electron chi connectivity index (χ1n) is 20.3. The number of aromatic carboxylic acids is 4. The van der Waals surface area contributed by atoms with Crippen molar-refractivity contribution in [2.75, 3.05) is 0 Å². The number of rotatable bonds is 8. The Morgan fingerprint density at radius 2 is 0.531 bits per heavy atom. The summed E-state index contributed by atoms with van der Waals surface area (Å²) in [5, 5.41) is 44.3. The minimum atomic E-state index is -1.14. The normalized spacial score (nSPS) is 12.4. The van der Waals surface area contributed by atoms with Crippen LogP contribution in [0.25, 0.3) is 22.3 Å². The van der Waals surface area contributed by atoms with Crippen molar-refractivity contribution in [3.63, 3.8) is 0 Å². The molecule has 8 aromatic rings. The highest BCUT2D eigenvalue weighted by Gasteiger charge is 2.25. The van der Waals surface area contributed by atoms with E-state index in [0.717, 1.165) is 22.3 Å². The van der Waals surface area contributed by atoms with Crippen LogP contribution in [0.4, 0.5) is 0 Å². The first kappa shape index (κ1) is 40.7. The lowest BCUT2D eigenvalue weighted by Gasteiger charge is -2.14. The number of hydrogen-bond donors (Lipinski definition) is 8. The summed E-state index contributed by atoms with van der Waals surface area (Å²) in [6.45, 7) is 7.24. The molecule has 0 fully saturated rings. The first-order valence-corrected chi connectivity index (χ1v) is 20.3. The molecular weight excluding hydrogens is 809 g/mol. The molecule has 8 bridgehead atoms. The quantitative estimate of drug-likeness (QED) is 0.0864. The Labute approximate surface area is 364 Å². The fourth-order valence-electron chi connectivity index (χ4n) is 8.70. The standard InChI is InChI=1S/C52H40N4O8/c1-25-5-9-29(33(21-25)49(57)58)45-37-13-15-39(53-37)46(30-10-6-26(2)22-34(30)50(59)60)41-17-19-43(55-41)48(32-12-8-28(4)24-36(32)52(63)64)44-20-18-42(56-44)47(40-16-14-38(45)54-40)31-11-7-27(3)23-35(31)51(61)62/h5-24,53-56H,1-4H3,(H,57,58)(H,59,60)(H,61,62)(H,63,64). The molecule has 1 aliphatic rings. The molecule has 5 heterocycles. The minimum absolute atomic E-state index is 0.0476. The van der Waals surface area contributed by atoms with E-state index in [1.165, 1.54) is 0 Å². The molecule has 316 valence electrons. The molecule has 0 amide bonds. The maximum Gasteiger partial charge on any atom is 0.336 e. The van der Waals surface area contributed by atoms with Crippen molar-refractivity contribution in [2.24, 2.45) is 0 Å². The van der Waals surface area contributed by atoms with Gasteiger partial charge in [-0.25, -0.2) is 19.2 Å². The van der Waals surface area contributed by atoms with Crippen LogP contribution in [-0.4, -0.2) is 64.2 Å². The van der Waals surface area contributed by atoms with Gasteiger partial charge in [-0.3, -0.25) is 0 Å². The van der Waals surface area contributed by atoms with Gasteiger partial charge in [0.1, 0.15) is 0 Å². The van der Waals surface area contributed by atoms with E-state index in [-0.39, 0.29) is 22.3 Å². The van der Waals surface area contributed by atoms with Gasteiger partial charge in [0, 0.05) is 88.7 Å². The van der Waals surface area contributed by atoms with Crippen molar-refractivity contribution in [1.29, 1.82) is 0 Å². The van der Waals surface area contributed by atoms with Crippen LogP contribution in [0.15, 0.2) is 121 Å². The van der Waals surface area contributed by atoms with Crippen LogP contribution in [-0.2, 0) is 0 Å². The third-order valence-electron chi connectivity index (χ3n) is 11.6. The number of benzene rings is 4. The Morgan fingerprint density at radius 1 is 0.312 bits per heavy atom. The summed E-state index contributed by atoms with van der Waals surface area (Å²) in [6, 6.07) is 35.1. The lowest BCUT2D eigenvalue weighted by atomic mass is 9.95. The van der Waals surface area contributed by atoms with Crippen LogP contribution < -0.4 is 21.4 Å². The molecule has 4 aromatic carbocycles. The van der Waals surface area contributed by atoms with Gasteiger partial charge in [-0.15, -0.1) is 0 Å². The van der Waals surface area contributed by atoms with Gasteiger partial charge >= 0.3 is 23.9 Å². The van der Waals surface area contributed by atoms with Crippen LogP contribution in [0.2, 0.25) is 0 Å². The molecule has 0 saturated heterocycles. The Kier molecular flexibility index (Phi) is 9.98. The number of carboxylic acids is 4. The Hall–Kier alpha value is -8.64. The van der Waals surface area contributed by atoms with Crippen LogP contribution >= 0.6 is 0 Å². The summed E-state index contributed by atoms with van der Waals surface area (Å²) in [5.74, 6) is -4.57. The number of aryl methyl sites for hydroxylation is 4. The van der Waals surface area contributed by atoms with Crippen LogP contribution in [0.3, 0.4) is 0 Å². The van der Waals surface area contributed by atoms with Gasteiger partial charge < -0.3 is 40.4 Å². The predicted molar refractivity (Wildman–Crippen MR) is 241 cm³/mol. The second-order valence-corrected chi connectivity index (χ2v) is 16.1. The van der Waals surface area contributed by atoms with Crippen molar-refractivity contribution in [3.05, 3.63) is 232 Å². The summed E-state index contributed by atoms with van der Waals surface area (Å²) in [6.07, 6.45) is 0. The first-order chi connectivity index (χ1) is 30.7. The van der Waals surface area contributed by atoms with Gasteiger partial charge in [-0.1, -0.05) is 70.8 Å². The van der Waals surface area contributed by atoms with Crippen LogP contribution in [0.5, 0.6) is 0 Å². The highest BCUT2D eigenvalue weighted by molar-refractivity contribution is 6.00. The maximum atomic E-state index is 13.0. The zero-order valence-electron chi connectivity index (χ0n) is 35.0. The minimum Gasteiger partial charge on any atom is -0.478 e.